The summed E-state index contributed by atoms with van der Waals surface area (Å²) in [5, 5.41) is 0.759. The maximum atomic E-state index is 14.6. The number of thiophene rings is 1. The van der Waals surface area contributed by atoms with E-state index in [0.29, 0.717) is 16.5 Å². The second-order valence-corrected chi connectivity index (χ2v) is 7.14. The normalized spacial score (nSPS) is 14.0. The fourth-order valence-electron chi connectivity index (χ4n) is 2.57. The number of halogens is 2. The Kier molecular flexibility index (Phi) is 3.85. The highest BCUT2D eigenvalue weighted by atomic mass is 32.1. The lowest BCUT2D eigenvalue weighted by Crippen LogP contribution is -1.93. The Hall–Kier alpha value is -2.20. The second-order valence-electron chi connectivity index (χ2n) is 6.09. The summed E-state index contributed by atoms with van der Waals surface area (Å²) in [6.45, 7) is 1.96. The van der Waals surface area contributed by atoms with Crippen molar-refractivity contribution < 1.29 is 13.5 Å². The van der Waals surface area contributed by atoms with Crippen molar-refractivity contribution in [1.29, 1.82) is 0 Å². The van der Waals surface area contributed by atoms with Gasteiger partial charge in [0.2, 0.25) is 0 Å². The second kappa shape index (κ2) is 6.02. The Morgan fingerprint density at radius 3 is 2.25 bits per heavy atom. The molecule has 3 aromatic rings. The van der Waals surface area contributed by atoms with Gasteiger partial charge in [-0.15, -0.1) is 0 Å². The van der Waals surface area contributed by atoms with Gasteiger partial charge in [-0.3, -0.25) is 0 Å². The number of hydrogen-bond donors (Lipinski definition) is 0. The molecule has 1 aliphatic carbocycles. The first-order valence-corrected chi connectivity index (χ1v) is 8.75. The van der Waals surface area contributed by atoms with Crippen LogP contribution in [0.25, 0.3) is 21.6 Å². The molecule has 122 valence electrons. The maximum Gasteiger partial charge on any atom is 0.174 e. The largest absolute Gasteiger partial charge is 0.481 e. The van der Waals surface area contributed by atoms with Gasteiger partial charge in [-0.1, -0.05) is 47.2 Å². The predicted octanol–water partition coefficient (Wildman–Crippen LogP) is 6.21. The van der Waals surface area contributed by atoms with Gasteiger partial charge >= 0.3 is 0 Å². The topological polar surface area (TPSA) is 9.23 Å². The van der Waals surface area contributed by atoms with E-state index in [9.17, 15) is 8.78 Å². The third-order valence-electron chi connectivity index (χ3n) is 4.10. The Bertz CT molecular complexity index is 879. The zero-order valence-corrected chi connectivity index (χ0v) is 14.0. The van der Waals surface area contributed by atoms with Crippen LogP contribution in [0.2, 0.25) is 0 Å². The lowest BCUT2D eigenvalue weighted by atomic mass is 10.0. The zero-order chi connectivity index (χ0) is 16.7. The van der Waals surface area contributed by atoms with Crippen LogP contribution in [-0.2, 0) is 0 Å². The molecule has 24 heavy (non-hydrogen) atoms. The zero-order valence-electron chi connectivity index (χ0n) is 13.2. The van der Waals surface area contributed by atoms with Crippen LogP contribution < -0.4 is 4.74 Å². The molecule has 1 aromatic heterocycles. The molecule has 2 aromatic carbocycles. The molecule has 4 heteroatoms. The molecule has 0 unspecified atom stereocenters. The van der Waals surface area contributed by atoms with Crippen LogP contribution in [-0.4, -0.2) is 6.10 Å². The molecule has 1 heterocycles. The van der Waals surface area contributed by atoms with Gasteiger partial charge < -0.3 is 4.74 Å². The molecule has 0 atom stereocenters. The highest BCUT2D eigenvalue weighted by Crippen LogP contribution is 2.39. The first kappa shape index (κ1) is 15.3. The minimum absolute atomic E-state index is 0.277. The Morgan fingerprint density at radius 1 is 0.875 bits per heavy atom. The lowest BCUT2D eigenvalue weighted by Gasteiger charge is -2.08. The number of benzene rings is 2. The molecule has 0 amide bonds. The first-order valence-electron chi connectivity index (χ1n) is 7.94. The molecular weight excluding hydrogens is 326 g/mol. The van der Waals surface area contributed by atoms with Crippen LogP contribution in [0.4, 0.5) is 8.78 Å². The fraction of sp³-hybridized carbons (Fsp3) is 0.200. The monoisotopic (exact) mass is 342 g/mol. The van der Waals surface area contributed by atoms with E-state index in [1.807, 2.05) is 25.1 Å². The average Bonchev–Trinajstić information content (AvgIpc) is 3.27. The summed E-state index contributed by atoms with van der Waals surface area (Å²) in [6, 6.07) is 14.3. The molecule has 1 nitrogen and oxygen atoms in total. The highest BCUT2D eigenvalue weighted by Gasteiger charge is 2.24. The fourth-order valence-corrected chi connectivity index (χ4v) is 3.51. The third-order valence-corrected chi connectivity index (χ3v) is 5.11. The van der Waals surface area contributed by atoms with Crippen molar-refractivity contribution >= 4 is 11.3 Å². The number of aryl methyl sites for hydroxylation is 1. The molecule has 0 N–H and O–H groups in total. The van der Waals surface area contributed by atoms with E-state index >= 15 is 0 Å². The van der Waals surface area contributed by atoms with Gasteiger partial charge in [0.05, 0.1) is 6.10 Å². The van der Waals surface area contributed by atoms with Crippen molar-refractivity contribution in [2.75, 3.05) is 0 Å². The summed E-state index contributed by atoms with van der Waals surface area (Å²) in [5.74, 6) is -1.62. The van der Waals surface area contributed by atoms with E-state index in [-0.39, 0.29) is 11.1 Å². The van der Waals surface area contributed by atoms with Gasteiger partial charge in [0.1, 0.15) is 0 Å². The van der Waals surface area contributed by atoms with E-state index in [2.05, 4.69) is 0 Å². The molecule has 0 aliphatic heterocycles. The van der Waals surface area contributed by atoms with Crippen molar-refractivity contribution in [2.45, 2.75) is 25.9 Å². The predicted molar refractivity (Wildman–Crippen MR) is 93.5 cm³/mol. The van der Waals surface area contributed by atoms with Gasteiger partial charge in [-0.25, -0.2) is 8.78 Å². The lowest BCUT2D eigenvalue weighted by molar-refractivity contribution is 0.312. The Morgan fingerprint density at radius 2 is 1.54 bits per heavy atom. The van der Waals surface area contributed by atoms with Crippen molar-refractivity contribution in [3.8, 4) is 26.6 Å². The van der Waals surface area contributed by atoms with E-state index in [0.717, 1.165) is 23.5 Å². The van der Waals surface area contributed by atoms with E-state index < -0.39 is 11.6 Å². The van der Waals surface area contributed by atoms with E-state index in [1.54, 1.807) is 30.3 Å². The van der Waals surface area contributed by atoms with E-state index in [1.165, 1.54) is 11.3 Å². The molecule has 1 fully saturated rings. The Labute approximate surface area is 143 Å². The van der Waals surface area contributed by atoms with Gasteiger partial charge in [0, 0.05) is 16.0 Å². The number of hydrogen-bond acceptors (Lipinski definition) is 2. The smallest absolute Gasteiger partial charge is 0.174 e. The van der Waals surface area contributed by atoms with Gasteiger partial charge in [0.15, 0.2) is 16.7 Å². The summed E-state index contributed by atoms with van der Waals surface area (Å²) in [4.78, 5) is 0.678. The van der Waals surface area contributed by atoms with Crippen molar-refractivity contribution in [2.24, 2.45) is 0 Å². The molecule has 0 spiro atoms. The quantitative estimate of drug-likeness (QED) is 0.548. The van der Waals surface area contributed by atoms with Gasteiger partial charge in [-0.2, -0.15) is 0 Å². The molecule has 4 rings (SSSR count). The third kappa shape index (κ3) is 2.94. The molecule has 0 bridgehead atoms. The molecule has 0 saturated heterocycles. The van der Waals surface area contributed by atoms with E-state index in [4.69, 9.17) is 4.74 Å². The summed E-state index contributed by atoms with van der Waals surface area (Å²) < 4.78 is 34.9. The molecule has 0 radical (unpaired) electrons. The van der Waals surface area contributed by atoms with Crippen LogP contribution in [0.3, 0.4) is 0 Å². The number of rotatable bonds is 4. The molecule has 1 saturated carbocycles. The van der Waals surface area contributed by atoms with Crippen molar-refractivity contribution in [3.63, 3.8) is 0 Å². The standard InChI is InChI=1S/C20H16F2OS/c1-12-2-4-13(5-3-12)15-8-9-16(20(22)19(15)21)17-10-11-18(24-17)23-14-6-7-14/h2-5,8-11,14H,6-7H2,1H3. The van der Waals surface area contributed by atoms with Crippen LogP contribution in [0.1, 0.15) is 18.4 Å². The minimum Gasteiger partial charge on any atom is -0.481 e. The van der Waals surface area contributed by atoms with Crippen LogP contribution >= 0.6 is 11.3 Å². The summed E-state index contributed by atoms with van der Waals surface area (Å²) in [5.41, 5.74) is 2.31. The van der Waals surface area contributed by atoms with Crippen molar-refractivity contribution in [3.05, 3.63) is 65.7 Å². The average molecular weight is 342 g/mol. The Balaban J connectivity index is 1.68. The molecule has 1 aliphatic rings. The summed E-state index contributed by atoms with van der Waals surface area (Å²) in [7, 11) is 0. The van der Waals surface area contributed by atoms with Crippen molar-refractivity contribution in [1.82, 2.24) is 0 Å². The van der Waals surface area contributed by atoms with Crippen LogP contribution in [0.15, 0.2) is 48.5 Å². The number of ether oxygens (including phenoxy) is 1. The SMILES string of the molecule is Cc1ccc(-c2ccc(-c3ccc(OC4CC4)s3)c(F)c2F)cc1. The molecular formula is C20H16F2OS. The minimum atomic E-state index is -0.812. The first-order chi connectivity index (χ1) is 11.6. The maximum absolute atomic E-state index is 14.6. The van der Waals surface area contributed by atoms with Gasteiger partial charge in [0.25, 0.3) is 0 Å². The van der Waals surface area contributed by atoms with Crippen LogP contribution in [0, 0.1) is 18.6 Å². The van der Waals surface area contributed by atoms with Gasteiger partial charge in [-0.05, 0) is 43.5 Å². The highest BCUT2D eigenvalue weighted by molar-refractivity contribution is 7.17. The summed E-state index contributed by atoms with van der Waals surface area (Å²) >= 11 is 1.35. The summed E-state index contributed by atoms with van der Waals surface area (Å²) in [6.07, 6.45) is 2.44. The van der Waals surface area contributed by atoms with Crippen LogP contribution in [0.5, 0.6) is 5.06 Å².